The van der Waals surface area contributed by atoms with Gasteiger partial charge in [-0.05, 0) is 91.6 Å². The number of aliphatic hydroxyl groups is 1. The summed E-state index contributed by atoms with van der Waals surface area (Å²) in [5.74, 6) is -2.52. The predicted octanol–water partition coefficient (Wildman–Crippen LogP) is 6.02. The van der Waals surface area contributed by atoms with Crippen LogP contribution >= 0.6 is 0 Å². The number of carbonyl (C=O) groups is 2. The highest BCUT2D eigenvalue weighted by Crippen LogP contribution is 2.19. The molecule has 0 saturated carbocycles. The second-order valence-electron chi connectivity index (χ2n) is 11.9. The van der Waals surface area contributed by atoms with Crippen LogP contribution in [0.1, 0.15) is 62.9 Å². The topological polar surface area (TPSA) is 121 Å². The molecule has 0 radical (unpaired) electrons. The van der Waals surface area contributed by atoms with Crippen LogP contribution in [0.3, 0.4) is 0 Å². The standard InChI is InChI=1S/C39H41F3N4O5/c1-5-13-51-46-25(3)29-18-30(38(48)44-24(2)28-9-11-32(40)12-10-28)20-31(19-29)39(49)45-36(17-27-14-33(41)21-34(42)15-27)37(47)23-43-22-26-7-6-8-35(16-26)50-4/h5-12,14-16,18-21,24,36-37,43,47H,1,13,17,22-23H2,2-4H3,(H,44,48)(H,45,49)/b46-25-/t24?,36-,37+/m0/s1. The third-order valence-electron chi connectivity index (χ3n) is 7.96. The van der Waals surface area contributed by atoms with Crippen LogP contribution in [0.4, 0.5) is 13.2 Å². The van der Waals surface area contributed by atoms with Gasteiger partial charge < -0.3 is 30.6 Å². The summed E-state index contributed by atoms with van der Waals surface area (Å²) >= 11 is 0. The van der Waals surface area contributed by atoms with E-state index in [9.17, 15) is 27.9 Å². The summed E-state index contributed by atoms with van der Waals surface area (Å²) in [6.45, 7) is 7.49. The number of hydrogen-bond donors (Lipinski definition) is 4. The van der Waals surface area contributed by atoms with Gasteiger partial charge in [0.25, 0.3) is 11.8 Å². The van der Waals surface area contributed by atoms with Crippen molar-refractivity contribution >= 4 is 17.5 Å². The fourth-order valence-corrected chi connectivity index (χ4v) is 5.26. The van der Waals surface area contributed by atoms with Crippen LogP contribution < -0.4 is 20.7 Å². The largest absolute Gasteiger partial charge is 0.497 e. The van der Waals surface area contributed by atoms with Crippen LogP contribution in [0.25, 0.3) is 0 Å². The Morgan fingerprint density at radius 1 is 0.863 bits per heavy atom. The number of ether oxygens (including phenoxy) is 1. The number of nitrogens with zero attached hydrogens (tertiary/aromatic N) is 1. The molecular weight excluding hydrogens is 661 g/mol. The number of halogens is 3. The number of benzene rings is 4. The Morgan fingerprint density at radius 3 is 2.16 bits per heavy atom. The molecule has 0 aliphatic heterocycles. The lowest BCUT2D eigenvalue weighted by Crippen LogP contribution is -2.48. The molecule has 4 N–H and O–H groups in total. The molecule has 12 heteroatoms. The van der Waals surface area contributed by atoms with Crippen molar-refractivity contribution in [3.63, 3.8) is 0 Å². The van der Waals surface area contributed by atoms with Crippen LogP contribution in [0.15, 0.2) is 103 Å². The number of rotatable bonds is 17. The molecule has 0 aliphatic rings. The van der Waals surface area contributed by atoms with E-state index in [0.717, 1.165) is 23.8 Å². The molecule has 9 nitrogen and oxygen atoms in total. The smallest absolute Gasteiger partial charge is 0.251 e. The monoisotopic (exact) mass is 702 g/mol. The number of amides is 2. The Balaban J connectivity index is 1.61. The minimum Gasteiger partial charge on any atom is -0.497 e. The quantitative estimate of drug-likeness (QED) is 0.0462. The van der Waals surface area contributed by atoms with Gasteiger partial charge in [-0.2, -0.15) is 0 Å². The van der Waals surface area contributed by atoms with E-state index in [-0.39, 0.29) is 36.3 Å². The molecule has 4 rings (SSSR count). The number of methoxy groups -OCH3 is 1. The maximum Gasteiger partial charge on any atom is 0.251 e. The Hall–Kier alpha value is -5.46. The van der Waals surface area contributed by atoms with E-state index in [4.69, 9.17) is 9.57 Å². The summed E-state index contributed by atoms with van der Waals surface area (Å²) in [6, 6.07) is 19.0. The molecule has 0 fully saturated rings. The molecule has 0 saturated heterocycles. The minimum atomic E-state index is -1.20. The lowest BCUT2D eigenvalue weighted by molar-refractivity contribution is 0.0829. The van der Waals surface area contributed by atoms with Crippen molar-refractivity contribution in [2.24, 2.45) is 5.16 Å². The van der Waals surface area contributed by atoms with Gasteiger partial charge in [-0.1, -0.05) is 42.1 Å². The second-order valence-corrected chi connectivity index (χ2v) is 11.9. The maximum atomic E-state index is 14.1. The summed E-state index contributed by atoms with van der Waals surface area (Å²) in [5.41, 5.74) is 2.71. The molecule has 4 aromatic rings. The van der Waals surface area contributed by atoms with E-state index < -0.39 is 47.5 Å². The van der Waals surface area contributed by atoms with Crippen molar-refractivity contribution in [3.8, 4) is 5.75 Å². The van der Waals surface area contributed by atoms with Crippen molar-refractivity contribution in [2.75, 3.05) is 20.3 Å². The van der Waals surface area contributed by atoms with Crippen LogP contribution in [0.5, 0.6) is 5.75 Å². The van der Waals surface area contributed by atoms with Crippen molar-refractivity contribution in [1.82, 2.24) is 16.0 Å². The number of hydrogen-bond acceptors (Lipinski definition) is 7. The van der Waals surface area contributed by atoms with Gasteiger partial charge in [0, 0.05) is 35.8 Å². The third kappa shape index (κ3) is 11.5. The molecule has 3 atom stereocenters. The SMILES string of the molecule is C=CCO/N=C(/C)c1cc(C(=O)NC(C)c2ccc(F)cc2)cc(C(=O)N[C@@H](Cc2cc(F)cc(F)c2)[C@H](O)CNCc2cccc(OC)c2)c1. The Labute approximate surface area is 295 Å². The molecule has 2 amide bonds. The average Bonchev–Trinajstić information content (AvgIpc) is 3.11. The van der Waals surface area contributed by atoms with E-state index in [0.29, 0.717) is 29.1 Å². The van der Waals surface area contributed by atoms with Gasteiger partial charge in [0.1, 0.15) is 29.8 Å². The Morgan fingerprint density at radius 2 is 1.51 bits per heavy atom. The molecule has 268 valence electrons. The van der Waals surface area contributed by atoms with Crippen molar-refractivity contribution in [1.29, 1.82) is 0 Å². The average molecular weight is 703 g/mol. The highest BCUT2D eigenvalue weighted by atomic mass is 19.1. The fraction of sp³-hybridized carbons (Fsp3) is 0.256. The molecular formula is C39H41F3N4O5. The molecule has 0 bridgehead atoms. The van der Waals surface area contributed by atoms with Gasteiger partial charge in [-0.15, -0.1) is 0 Å². The molecule has 1 unspecified atom stereocenters. The molecule has 0 spiro atoms. The highest BCUT2D eigenvalue weighted by molar-refractivity contribution is 6.06. The summed E-state index contributed by atoms with van der Waals surface area (Å²) in [6.07, 6.45) is 0.197. The van der Waals surface area contributed by atoms with Crippen LogP contribution in [-0.4, -0.2) is 55.0 Å². The number of oxime groups is 1. The molecule has 0 aliphatic carbocycles. The molecule has 4 aromatic carbocycles. The van der Waals surface area contributed by atoms with E-state index >= 15 is 0 Å². The van der Waals surface area contributed by atoms with Crippen molar-refractivity contribution in [3.05, 3.63) is 148 Å². The van der Waals surface area contributed by atoms with Crippen LogP contribution in [-0.2, 0) is 17.8 Å². The molecule has 0 aromatic heterocycles. The van der Waals surface area contributed by atoms with E-state index in [1.165, 1.54) is 30.3 Å². The van der Waals surface area contributed by atoms with Gasteiger partial charge in [-0.25, -0.2) is 13.2 Å². The first kappa shape index (κ1) is 38.3. The van der Waals surface area contributed by atoms with E-state index in [1.54, 1.807) is 45.2 Å². The normalized spacial score (nSPS) is 13.1. The molecule has 51 heavy (non-hydrogen) atoms. The zero-order chi connectivity index (χ0) is 36.9. The minimum absolute atomic E-state index is 0.0152. The number of carbonyl (C=O) groups excluding carboxylic acids is 2. The lowest BCUT2D eigenvalue weighted by atomic mass is 9.98. The highest BCUT2D eigenvalue weighted by Gasteiger charge is 2.25. The van der Waals surface area contributed by atoms with Gasteiger partial charge in [0.05, 0.1) is 31.0 Å². The van der Waals surface area contributed by atoms with Crippen molar-refractivity contribution < 1.29 is 37.4 Å². The first-order valence-electron chi connectivity index (χ1n) is 16.2. The van der Waals surface area contributed by atoms with Gasteiger partial charge in [0.2, 0.25) is 0 Å². The summed E-state index contributed by atoms with van der Waals surface area (Å²) in [5, 5.41) is 24.1. The zero-order valence-electron chi connectivity index (χ0n) is 28.6. The summed E-state index contributed by atoms with van der Waals surface area (Å²) in [4.78, 5) is 32.6. The van der Waals surface area contributed by atoms with Gasteiger partial charge >= 0.3 is 0 Å². The maximum absolute atomic E-state index is 14.1. The first-order valence-corrected chi connectivity index (χ1v) is 16.2. The molecule has 0 heterocycles. The van der Waals surface area contributed by atoms with E-state index in [1.807, 2.05) is 18.2 Å². The first-order chi connectivity index (χ1) is 24.4. The summed E-state index contributed by atoms with van der Waals surface area (Å²) < 4.78 is 47.0. The Kier molecular flexibility index (Phi) is 13.9. The zero-order valence-corrected chi connectivity index (χ0v) is 28.6. The van der Waals surface area contributed by atoms with E-state index in [2.05, 4.69) is 27.7 Å². The number of aliphatic hydroxyl groups excluding tert-OH is 1. The lowest BCUT2D eigenvalue weighted by Gasteiger charge is -2.25. The van der Waals surface area contributed by atoms with Crippen molar-refractivity contribution in [2.45, 2.75) is 45.0 Å². The summed E-state index contributed by atoms with van der Waals surface area (Å²) in [7, 11) is 1.56. The van der Waals surface area contributed by atoms with Crippen LogP contribution in [0, 0.1) is 17.5 Å². The van der Waals surface area contributed by atoms with Gasteiger partial charge in [-0.3, -0.25) is 9.59 Å². The second kappa shape index (κ2) is 18.5. The fourth-order valence-electron chi connectivity index (χ4n) is 5.26. The Bertz CT molecular complexity index is 1830. The predicted molar refractivity (Wildman–Crippen MR) is 189 cm³/mol. The van der Waals surface area contributed by atoms with Gasteiger partial charge in [0.15, 0.2) is 0 Å². The number of nitrogens with one attached hydrogen (secondary N) is 3. The van der Waals surface area contributed by atoms with Crippen LogP contribution in [0.2, 0.25) is 0 Å². The third-order valence-corrected chi connectivity index (χ3v) is 7.96.